The van der Waals surface area contributed by atoms with Gasteiger partial charge in [0, 0.05) is 0 Å². The molecule has 0 fully saturated rings. The van der Waals surface area contributed by atoms with Crippen molar-refractivity contribution in [1.82, 2.24) is 0 Å². The summed E-state index contributed by atoms with van der Waals surface area (Å²) in [6.45, 7) is 0. The van der Waals surface area contributed by atoms with Gasteiger partial charge in [-0.3, -0.25) is 4.79 Å². The molecule has 3 heteroatoms. The molecule has 1 unspecified atom stereocenters. The minimum atomic E-state index is -1.05. The number of aliphatic carboxylic acids is 1. The highest BCUT2D eigenvalue weighted by Crippen LogP contribution is 2.53. The second-order valence-corrected chi connectivity index (χ2v) is 6.49. The Hall–Kier alpha value is -3.17. The van der Waals surface area contributed by atoms with Crippen LogP contribution in [-0.2, 0) is 10.2 Å². The van der Waals surface area contributed by atoms with Gasteiger partial charge in [-0.2, -0.15) is 0 Å². The molecule has 0 saturated heterocycles. The maximum absolute atomic E-state index is 11.3. The van der Waals surface area contributed by atoms with E-state index in [1.54, 1.807) is 6.08 Å². The summed E-state index contributed by atoms with van der Waals surface area (Å²) in [6.07, 6.45) is 3.54. The first-order chi connectivity index (χ1) is 12.6. The third-order valence-electron chi connectivity index (χ3n) is 5.06. The van der Waals surface area contributed by atoms with Crippen LogP contribution in [0.5, 0.6) is 0 Å². The molecule has 0 radical (unpaired) electrons. The SMILES string of the molecule is NC(/C=C/C1(c2ccccc2)c2ccccc2-c2ccccc21)C(=O)O. The van der Waals surface area contributed by atoms with Crippen LogP contribution in [0.3, 0.4) is 0 Å². The summed E-state index contributed by atoms with van der Waals surface area (Å²) in [5.41, 5.74) is 10.9. The van der Waals surface area contributed by atoms with Gasteiger partial charge < -0.3 is 10.8 Å². The van der Waals surface area contributed by atoms with E-state index in [4.69, 9.17) is 5.73 Å². The Morgan fingerprint density at radius 2 is 1.35 bits per heavy atom. The van der Waals surface area contributed by atoms with E-state index < -0.39 is 17.4 Å². The molecule has 0 amide bonds. The number of carboxylic acid groups (broad SMARTS) is 1. The fraction of sp³-hybridized carbons (Fsp3) is 0.0870. The molecule has 1 aliphatic rings. The van der Waals surface area contributed by atoms with Gasteiger partial charge in [0.05, 0.1) is 5.41 Å². The number of carbonyl (C=O) groups is 1. The lowest BCUT2D eigenvalue weighted by molar-refractivity contribution is -0.137. The molecule has 3 aromatic carbocycles. The zero-order valence-corrected chi connectivity index (χ0v) is 14.2. The maximum atomic E-state index is 11.3. The second kappa shape index (κ2) is 6.28. The first-order valence-corrected chi connectivity index (χ1v) is 8.57. The van der Waals surface area contributed by atoms with Crippen LogP contribution in [0.2, 0.25) is 0 Å². The lowest BCUT2D eigenvalue weighted by Crippen LogP contribution is -2.30. The van der Waals surface area contributed by atoms with Crippen molar-refractivity contribution in [2.75, 3.05) is 0 Å². The van der Waals surface area contributed by atoms with Crippen molar-refractivity contribution in [3.8, 4) is 11.1 Å². The molecule has 3 N–H and O–H groups in total. The standard InChI is InChI=1S/C23H19NO2/c24-21(22(25)26)14-15-23(16-8-2-1-3-9-16)19-12-6-4-10-17(19)18-11-5-7-13-20(18)23/h1-15,21H,24H2,(H,25,26)/b15-14+. The minimum absolute atomic E-state index is 0.554. The molecule has 26 heavy (non-hydrogen) atoms. The Bertz CT molecular complexity index is 946. The number of allylic oxidation sites excluding steroid dienone is 1. The summed E-state index contributed by atoms with van der Waals surface area (Å²) in [5.74, 6) is -1.04. The van der Waals surface area contributed by atoms with Crippen LogP contribution in [0, 0.1) is 0 Å². The van der Waals surface area contributed by atoms with Crippen LogP contribution in [0.4, 0.5) is 0 Å². The van der Waals surface area contributed by atoms with Crippen LogP contribution < -0.4 is 5.73 Å². The number of hydrogen-bond acceptors (Lipinski definition) is 2. The lowest BCUT2D eigenvalue weighted by atomic mass is 9.72. The minimum Gasteiger partial charge on any atom is -0.480 e. The Kier molecular flexibility index (Phi) is 3.94. The molecule has 0 spiro atoms. The summed E-state index contributed by atoms with van der Waals surface area (Å²) in [6, 6.07) is 25.7. The van der Waals surface area contributed by atoms with E-state index in [9.17, 15) is 9.90 Å². The Balaban J connectivity index is 2.05. The Morgan fingerprint density at radius 3 is 1.88 bits per heavy atom. The van der Waals surface area contributed by atoms with Crippen molar-refractivity contribution in [2.24, 2.45) is 5.73 Å². The highest BCUT2D eigenvalue weighted by molar-refractivity contribution is 5.85. The molecule has 0 aromatic heterocycles. The third kappa shape index (κ3) is 2.37. The summed E-state index contributed by atoms with van der Waals surface area (Å²) >= 11 is 0. The summed E-state index contributed by atoms with van der Waals surface area (Å²) < 4.78 is 0. The van der Waals surface area contributed by atoms with Crippen molar-refractivity contribution < 1.29 is 9.90 Å². The molecule has 0 heterocycles. The average Bonchev–Trinajstić information content (AvgIpc) is 2.98. The normalized spacial score (nSPS) is 15.4. The first kappa shape index (κ1) is 16.3. The van der Waals surface area contributed by atoms with Crippen LogP contribution in [0.15, 0.2) is 91.0 Å². The summed E-state index contributed by atoms with van der Waals surface area (Å²) in [5, 5.41) is 9.22. The topological polar surface area (TPSA) is 63.3 Å². The highest BCUT2D eigenvalue weighted by atomic mass is 16.4. The largest absolute Gasteiger partial charge is 0.480 e. The van der Waals surface area contributed by atoms with E-state index in [1.807, 2.05) is 48.5 Å². The number of rotatable bonds is 4. The number of benzene rings is 3. The van der Waals surface area contributed by atoms with Gasteiger partial charge in [-0.15, -0.1) is 0 Å². The predicted octanol–water partition coefficient (Wildman–Crippen LogP) is 3.97. The van der Waals surface area contributed by atoms with Crippen molar-refractivity contribution in [3.63, 3.8) is 0 Å². The van der Waals surface area contributed by atoms with E-state index in [2.05, 4.69) is 36.4 Å². The molecule has 0 saturated carbocycles. The van der Waals surface area contributed by atoms with Gasteiger partial charge in [-0.05, 0) is 27.8 Å². The average molecular weight is 341 g/mol. The molecule has 4 rings (SSSR count). The van der Waals surface area contributed by atoms with Crippen LogP contribution in [-0.4, -0.2) is 17.1 Å². The quantitative estimate of drug-likeness (QED) is 0.706. The monoisotopic (exact) mass is 341 g/mol. The molecule has 3 nitrogen and oxygen atoms in total. The van der Waals surface area contributed by atoms with Crippen molar-refractivity contribution >= 4 is 5.97 Å². The van der Waals surface area contributed by atoms with Gasteiger partial charge in [0.25, 0.3) is 0 Å². The molecule has 3 aromatic rings. The van der Waals surface area contributed by atoms with Gasteiger partial charge in [0.1, 0.15) is 6.04 Å². The van der Waals surface area contributed by atoms with Gasteiger partial charge >= 0.3 is 5.97 Å². The van der Waals surface area contributed by atoms with E-state index in [0.29, 0.717) is 0 Å². The van der Waals surface area contributed by atoms with Crippen molar-refractivity contribution in [1.29, 1.82) is 0 Å². The summed E-state index contributed by atoms with van der Waals surface area (Å²) in [7, 11) is 0. The Labute approximate surface area is 152 Å². The van der Waals surface area contributed by atoms with E-state index in [-0.39, 0.29) is 0 Å². The molecule has 128 valence electrons. The number of nitrogens with two attached hydrogens (primary N) is 1. The lowest BCUT2D eigenvalue weighted by Gasteiger charge is -2.30. The molecule has 0 aliphatic heterocycles. The molecular weight excluding hydrogens is 322 g/mol. The van der Waals surface area contributed by atoms with Crippen LogP contribution >= 0.6 is 0 Å². The number of hydrogen-bond donors (Lipinski definition) is 2. The van der Waals surface area contributed by atoms with E-state index in [0.717, 1.165) is 16.7 Å². The zero-order chi connectivity index (χ0) is 18.1. The van der Waals surface area contributed by atoms with Crippen LogP contribution in [0.25, 0.3) is 11.1 Å². The van der Waals surface area contributed by atoms with Gasteiger partial charge in [0.2, 0.25) is 0 Å². The number of carboxylic acids is 1. The van der Waals surface area contributed by atoms with E-state index in [1.165, 1.54) is 11.1 Å². The fourth-order valence-electron chi connectivity index (χ4n) is 3.89. The zero-order valence-electron chi connectivity index (χ0n) is 14.2. The molecule has 1 atom stereocenters. The van der Waals surface area contributed by atoms with Gasteiger partial charge in [-0.1, -0.05) is 91.0 Å². The highest BCUT2D eigenvalue weighted by Gasteiger charge is 2.42. The number of fused-ring (bicyclic) bond motifs is 3. The van der Waals surface area contributed by atoms with Crippen molar-refractivity contribution in [3.05, 3.63) is 108 Å². The Morgan fingerprint density at radius 1 is 0.846 bits per heavy atom. The first-order valence-electron chi connectivity index (χ1n) is 8.57. The predicted molar refractivity (Wildman–Crippen MR) is 103 cm³/mol. The van der Waals surface area contributed by atoms with Crippen molar-refractivity contribution in [2.45, 2.75) is 11.5 Å². The third-order valence-corrected chi connectivity index (χ3v) is 5.06. The van der Waals surface area contributed by atoms with Gasteiger partial charge in [-0.25, -0.2) is 0 Å². The molecular formula is C23H19NO2. The maximum Gasteiger partial charge on any atom is 0.324 e. The van der Waals surface area contributed by atoms with Crippen LogP contribution in [0.1, 0.15) is 16.7 Å². The second-order valence-electron chi connectivity index (χ2n) is 6.49. The fourth-order valence-corrected chi connectivity index (χ4v) is 3.89. The van der Waals surface area contributed by atoms with E-state index >= 15 is 0 Å². The molecule has 0 bridgehead atoms. The smallest absolute Gasteiger partial charge is 0.324 e. The van der Waals surface area contributed by atoms with Gasteiger partial charge in [0.15, 0.2) is 0 Å². The molecule has 1 aliphatic carbocycles. The summed E-state index contributed by atoms with van der Waals surface area (Å²) in [4.78, 5) is 11.3.